The summed E-state index contributed by atoms with van der Waals surface area (Å²) in [5, 5.41) is 2.67. The van der Waals surface area contributed by atoms with Crippen molar-refractivity contribution in [2.45, 2.75) is 20.0 Å². The number of hydrogen-bond acceptors (Lipinski definition) is 3. The van der Waals surface area contributed by atoms with Gasteiger partial charge in [-0.25, -0.2) is 4.79 Å². The highest BCUT2D eigenvalue weighted by molar-refractivity contribution is 9.10. The number of rotatable bonds is 5. The Bertz CT molecular complexity index is 520. The highest BCUT2D eigenvalue weighted by Gasteiger charge is 2.16. The van der Waals surface area contributed by atoms with Crippen LogP contribution in [0.25, 0.3) is 0 Å². The van der Waals surface area contributed by atoms with Crippen LogP contribution in [0.3, 0.4) is 0 Å². The van der Waals surface area contributed by atoms with Gasteiger partial charge in [0.2, 0.25) is 0 Å². The molecule has 106 valence electrons. The summed E-state index contributed by atoms with van der Waals surface area (Å²) in [6.45, 7) is 3.36. The largest absolute Gasteiger partial charge is 0.449 e. The lowest BCUT2D eigenvalue weighted by Crippen LogP contribution is -2.29. The van der Waals surface area contributed by atoms with Gasteiger partial charge in [-0.2, -0.15) is 0 Å². The fraction of sp³-hybridized carbons (Fsp3) is 0.200. The number of esters is 1. The minimum absolute atomic E-state index is 0.375. The van der Waals surface area contributed by atoms with Crippen molar-refractivity contribution in [1.29, 1.82) is 0 Å². The van der Waals surface area contributed by atoms with Crippen LogP contribution in [-0.2, 0) is 14.3 Å². The number of ether oxygens (including phenoxy) is 1. The van der Waals surface area contributed by atoms with Crippen molar-refractivity contribution in [3.8, 4) is 0 Å². The molecule has 1 rings (SSSR count). The standard InChI is InChI=1S/C15H16BrNO3/c1-3-4-5-6-14(18)20-11(2)15(19)17-13-9-7-12(16)8-10-13/h3-11H,1-2H3,(H,17,19)/b4-3+,6-5+/t11-/m1/s1. The number of benzene rings is 1. The number of halogens is 1. The molecule has 5 heteroatoms. The van der Waals surface area contributed by atoms with Gasteiger partial charge in [0.25, 0.3) is 5.91 Å². The maximum absolute atomic E-state index is 11.8. The number of nitrogens with one attached hydrogen (secondary N) is 1. The molecule has 1 amide bonds. The van der Waals surface area contributed by atoms with Gasteiger partial charge in [0.05, 0.1) is 0 Å². The van der Waals surface area contributed by atoms with Gasteiger partial charge in [0.1, 0.15) is 0 Å². The predicted octanol–water partition coefficient (Wildman–Crippen LogP) is 3.45. The second kappa shape index (κ2) is 8.32. The number of carbonyl (C=O) groups excluding carboxylic acids is 2. The van der Waals surface area contributed by atoms with Gasteiger partial charge in [-0.15, -0.1) is 0 Å². The summed E-state index contributed by atoms with van der Waals surface area (Å²) >= 11 is 3.31. The second-order valence-corrected chi connectivity index (χ2v) is 4.88. The van der Waals surface area contributed by atoms with Crippen molar-refractivity contribution >= 4 is 33.5 Å². The molecule has 1 aromatic carbocycles. The molecule has 1 aromatic rings. The number of allylic oxidation sites excluding steroid dienone is 3. The van der Waals surface area contributed by atoms with E-state index in [1.54, 1.807) is 30.4 Å². The lowest BCUT2D eigenvalue weighted by Gasteiger charge is -2.12. The number of anilines is 1. The normalized spacial score (nSPS) is 12.6. The Morgan fingerprint density at radius 2 is 1.90 bits per heavy atom. The smallest absolute Gasteiger partial charge is 0.331 e. The van der Waals surface area contributed by atoms with E-state index in [2.05, 4.69) is 21.2 Å². The molecular formula is C15H16BrNO3. The topological polar surface area (TPSA) is 55.4 Å². The van der Waals surface area contributed by atoms with Crippen molar-refractivity contribution in [2.75, 3.05) is 5.32 Å². The Morgan fingerprint density at radius 3 is 2.50 bits per heavy atom. The molecular weight excluding hydrogens is 322 g/mol. The van der Waals surface area contributed by atoms with Crippen LogP contribution in [0.4, 0.5) is 5.69 Å². The van der Waals surface area contributed by atoms with Crippen LogP contribution in [0.1, 0.15) is 13.8 Å². The van der Waals surface area contributed by atoms with Gasteiger partial charge in [0.15, 0.2) is 6.10 Å². The van der Waals surface area contributed by atoms with E-state index in [0.717, 1.165) is 4.47 Å². The molecule has 0 saturated heterocycles. The highest BCUT2D eigenvalue weighted by atomic mass is 79.9. The van der Waals surface area contributed by atoms with Gasteiger partial charge in [0, 0.05) is 16.2 Å². The average Bonchev–Trinajstić information content (AvgIpc) is 2.41. The first-order valence-corrected chi connectivity index (χ1v) is 6.88. The fourth-order valence-corrected chi connectivity index (χ4v) is 1.55. The minimum Gasteiger partial charge on any atom is -0.449 e. The predicted molar refractivity (Wildman–Crippen MR) is 82.3 cm³/mol. The summed E-state index contributed by atoms with van der Waals surface area (Å²) in [7, 11) is 0. The molecule has 1 atom stereocenters. The van der Waals surface area contributed by atoms with Crippen LogP contribution in [0, 0.1) is 0 Å². The molecule has 20 heavy (non-hydrogen) atoms. The van der Waals surface area contributed by atoms with Crippen molar-refractivity contribution < 1.29 is 14.3 Å². The van der Waals surface area contributed by atoms with Gasteiger partial charge >= 0.3 is 5.97 Å². The third kappa shape index (κ3) is 5.84. The van der Waals surface area contributed by atoms with Crippen LogP contribution in [0.15, 0.2) is 53.0 Å². The number of hydrogen-bond donors (Lipinski definition) is 1. The first kappa shape index (κ1) is 16.2. The van der Waals surface area contributed by atoms with Crippen molar-refractivity contribution in [2.24, 2.45) is 0 Å². The Balaban J connectivity index is 2.50. The quantitative estimate of drug-likeness (QED) is 0.508. The lowest BCUT2D eigenvalue weighted by atomic mass is 10.3. The maximum Gasteiger partial charge on any atom is 0.331 e. The van der Waals surface area contributed by atoms with Crippen LogP contribution in [0.2, 0.25) is 0 Å². The minimum atomic E-state index is -0.860. The first-order valence-electron chi connectivity index (χ1n) is 6.09. The molecule has 0 fully saturated rings. The van der Waals surface area contributed by atoms with E-state index >= 15 is 0 Å². The zero-order valence-electron chi connectivity index (χ0n) is 11.3. The highest BCUT2D eigenvalue weighted by Crippen LogP contribution is 2.14. The van der Waals surface area contributed by atoms with Crippen LogP contribution >= 0.6 is 15.9 Å². The average molecular weight is 338 g/mol. The molecule has 0 radical (unpaired) electrons. The third-order valence-corrected chi connectivity index (χ3v) is 2.84. The molecule has 0 aliphatic rings. The van der Waals surface area contributed by atoms with Gasteiger partial charge in [-0.1, -0.05) is 34.2 Å². The van der Waals surface area contributed by atoms with Crippen molar-refractivity contribution in [3.05, 3.63) is 53.0 Å². The molecule has 0 aliphatic heterocycles. The van der Waals surface area contributed by atoms with E-state index < -0.39 is 12.1 Å². The maximum atomic E-state index is 11.8. The Hall–Kier alpha value is -1.88. The van der Waals surface area contributed by atoms with E-state index in [-0.39, 0.29) is 5.91 Å². The molecule has 0 aliphatic carbocycles. The molecule has 0 heterocycles. The molecule has 1 N–H and O–H groups in total. The van der Waals surface area contributed by atoms with E-state index in [4.69, 9.17) is 4.74 Å². The SMILES string of the molecule is C/C=C/C=C/C(=O)O[C@H](C)C(=O)Nc1ccc(Br)cc1. The Morgan fingerprint density at radius 1 is 1.25 bits per heavy atom. The molecule has 4 nitrogen and oxygen atoms in total. The number of amides is 1. The molecule has 0 saturated carbocycles. The zero-order chi connectivity index (χ0) is 15.0. The summed E-state index contributed by atoms with van der Waals surface area (Å²) in [5.41, 5.74) is 0.644. The van der Waals surface area contributed by atoms with E-state index in [1.807, 2.05) is 19.1 Å². The Kier molecular flexibility index (Phi) is 6.73. The second-order valence-electron chi connectivity index (χ2n) is 3.96. The van der Waals surface area contributed by atoms with Crippen LogP contribution in [-0.4, -0.2) is 18.0 Å². The van der Waals surface area contributed by atoms with Crippen molar-refractivity contribution in [1.82, 2.24) is 0 Å². The zero-order valence-corrected chi connectivity index (χ0v) is 12.9. The molecule has 0 unspecified atom stereocenters. The lowest BCUT2D eigenvalue weighted by molar-refractivity contribution is -0.148. The summed E-state index contributed by atoms with van der Waals surface area (Å²) in [6.07, 6.45) is 5.45. The van der Waals surface area contributed by atoms with E-state index in [1.165, 1.54) is 13.0 Å². The van der Waals surface area contributed by atoms with Crippen LogP contribution in [0.5, 0.6) is 0 Å². The summed E-state index contributed by atoms with van der Waals surface area (Å²) in [5.74, 6) is -0.929. The van der Waals surface area contributed by atoms with Gasteiger partial charge in [-0.05, 0) is 38.1 Å². The number of carbonyl (C=O) groups is 2. The molecule has 0 bridgehead atoms. The Labute approximate surface area is 126 Å². The van der Waals surface area contributed by atoms with E-state index in [9.17, 15) is 9.59 Å². The third-order valence-electron chi connectivity index (χ3n) is 2.31. The van der Waals surface area contributed by atoms with Gasteiger partial charge < -0.3 is 10.1 Å². The van der Waals surface area contributed by atoms with Crippen molar-refractivity contribution in [3.63, 3.8) is 0 Å². The van der Waals surface area contributed by atoms with E-state index in [0.29, 0.717) is 5.69 Å². The summed E-state index contributed by atoms with van der Waals surface area (Å²) in [6, 6.07) is 7.13. The molecule has 0 aromatic heterocycles. The summed E-state index contributed by atoms with van der Waals surface area (Å²) in [4.78, 5) is 23.2. The summed E-state index contributed by atoms with van der Waals surface area (Å²) < 4.78 is 5.89. The van der Waals surface area contributed by atoms with Gasteiger partial charge in [-0.3, -0.25) is 4.79 Å². The fourth-order valence-electron chi connectivity index (χ4n) is 1.29. The van der Waals surface area contributed by atoms with Crippen LogP contribution < -0.4 is 5.32 Å². The molecule has 0 spiro atoms. The first-order chi connectivity index (χ1) is 9.52. The monoisotopic (exact) mass is 337 g/mol.